The van der Waals surface area contributed by atoms with Crippen molar-refractivity contribution in [1.82, 2.24) is 0 Å². The van der Waals surface area contributed by atoms with Crippen LogP contribution in [0.25, 0.3) is 110 Å². The largest absolute Gasteiger partial charge is 0.456 e. The van der Waals surface area contributed by atoms with Gasteiger partial charge in [-0.2, -0.15) is 0 Å². The van der Waals surface area contributed by atoms with Gasteiger partial charge in [0.25, 0.3) is 0 Å². The van der Waals surface area contributed by atoms with Crippen LogP contribution >= 0.6 is 0 Å². The van der Waals surface area contributed by atoms with E-state index in [1.807, 2.05) is 0 Å². The Morgan fingerprint density at radius 1 is 0.309 bits per heavy atom. The first kappa shape index (κ1) is 37.7. The molecule has 15 rings (SSSR count). The van der Waals surface area contributed by atoms with Crippen molar-refractivity contribution in [3.63, 3.8) is 0 Å². The highest BCUT2D eigenvalue weighted by Gasteiger charge is 2.47. The minimum Gasteiger partial charge on any atom is -0.456 e. The van der Waals surface area contributed by atoms with Gasteiger partial charge in [-0.1, -0.05) is 208 Å². The maximum atomic E-state index is 7.22. The highest BCUT2D eigenvalue weighted by atomic mass is 16.3. The second kappa shape index (κ2) is 13.6. The van der Waals surface area contributed by atoms with Crippen molar-refractivity contribution in [2.75, 3.05) is 0 Å². The van der Waals surface area contributed by atoms with Crippen molar-refractivity contribution < 1.29 is 8.83 Å². The minimum absolute atomic E-state index is 0.105. The number of para-hydroxylation sites is 1. The minimum atomic E-state index is -0.501. The zero-order valence-electron chi connectivity index (χ0n) is 37.6. The standard InChI is InChI=1S/C66H42O2/c1-65(2)51-30-15-13-26-46(51)60-53(65)33-36-56-63(60)50-38-39(32-35-55(50)67-56)58-42-22-9-11-24-44(42)59(45-25-12-10-23-43(45)58)48-28-17-29-49-62-57(68-64(48)49)37-34-54-61(62)47-27-14-16-31-52(47)66(54,40-18-5-3-6-19-40)41-20-7-4-8-21-41/h3-38H,1-2H3. The summed E-state index contributed by atoms with van der Waals surface area (Å²) in [5.74, 6) is 0. The number of furan rings is 2. The van der Waals surface area contributed by atoms with Crippen LogP contribution in [0.15, 0.2) is 227 Å². The Labute approximate surface area is 393 Å². The predicted molar refractivity (Wildman–Crippen MR) is 282 cm³/mol. The Morgan fingerprint density at radius 3 is 1.47 bits per heavy atom. The summed E-state index contributed by atoms with van der Waals surface area (Å²) in [6.07, 6.45) is 0. The van der Waals surface area contributed by atoms with Gasteiger partial charge >= 0.3 is 0 Å². The first-order chi connectivity index (χ1) is 33.5. The summed E-state index contributed by atoms with van der Waals surface area (Å²) < 4.78 is 13.9. The summed E-state index contributed by atoms with van der Waals surface area (Å²) in [6.45, 7) is 4.69. The van der Waals surface area contributed by atoms with E-state index in [1.165, 1.54) is 99.3 Å². The Hall–Kier alpha value is -8.46. The SMILES string of the molecule is CC1(C)c2ccccc2-c2c1ccc1oc3ccc(-c4c5ccccc5c(-c5cccc6c5oc5ccc7c(c56)-c5ccccc5C7(c5ccccc5)c5ccccc5)c5ccccc45)cc3c21. The number of rotatable bonds is 4. The lowest BCUT2D eigenvalue weighted by molar-refractivity contribution is 0.656. The molecular formula is C66H42O2. The normalized spacial score (nSPS) is 14.3. The van der Waals surface area contributed by atoms with Crippen molar-refractivity contribution >= 4 is 65.4 Å². The topological polar surface area (TPSA) is 26.3 Å². The van der Waals surface area contributed by atoms with Crippen molar-refractivity contribution in [2.45, 2.75) is 24.7 Å². The van der Waals surface area contributed by atoms with E-state index in [-0.39, 0.29) is 5.41 Å². The van der Waals surface area contributed by atoms with Gasteiger partial charge in [0.2, 0.25) is 0 Å². The van der Waals surface area contributed by atoms with Gasteiger partial charge in [0, 0.05) is 38.1 Å². The monoisotopic (exact) mass is 866 g/mol. The van der Waals surface area contributed by atoms with Crippen molar-refractivity contribution in [3.8, 4) is 44.5 Å². The Balaban J connectivity index is 0.987. The molecule has 13 aromatic rings. The molecule has 2 heterocycles. The molecule has 2 aromatic heterocycles. The summed E-state index contributed by atoms with van der Waals surface area (Å²) in [5, 5.41) is 9.38. The first-order valence-corrected chi connectivity index (χ1v) is 23.8. The molecule has 0 spiro atoms. The predicted octanol–water partition coefficient (Wildman–Crippen LogP) is 17.8. The molecule has 2 heteroatoms. The molecule has 0 saturated heterocycles. The number of hydrogen-bond acceptors (Lipinski definition) is 2. The summed E-state index contributed by atoms with van der Waals surface area (Å²) in [7, 11) is 0. The molecule has 0 radical (unpaired) electrons. The highest BCUT2D eigenvalue weighted by Crippen LogP contribution is 2.60. The van der Waals surface area contributed by atoms with Gasteiger partial charge < -0.3 is 8.83 Å². The number of hydrogen-bond donors (Lipinski definition) is 0. The third kappa shape index (κ3) is 4.76. The van der Waals surface area contributed by atoms with Crippen LogP contribution in [0.1, 0.15) is 47.2 Å². The second-order valence-corrected chi connectivity index (χ2v) is 19.4. The zero-order valence-corrected chi connectivity index (χ0v) is 37.6. The van der Waals surface area contributed by atoms with Crippen LogP contribution < -0.4 is 0 Å². The average Bonchev–Trinajstić information content (AvgIpc) is 4.11. The third-order valence-corrected chi connectivity index (χ3v) is 15.8. The van der Waals surface area contributed by atoms with Gasteiger partial charge in [-0.25, -0.2) is 0 Å². The third-order valence-electron chi connectivity index (χ3n) is 15.8. The first-order valence-electron chi connectivity index (χ1n) is 23.8. The summed E-state index contributed by atoms with van der Waals surface area (Å²) in [6, 6.07) is 80.4. The van der Waals surface area contributed by atoms with Crippen LogP contribution in [-0.4, -0.2) is 0 Å². The van der Waals surface area contributed by atoms with Crippen molar-refractivity contribution in [2.24, 2.45) is 0 Å². The van der Waals surface area contributed by atoms with Crippen LogP contribution in [0.5, 0.6) is 0 Å². The molecule has 0 amide bonds. The maximum Gasteiger partial charge on any atom is 0.143 e. The molecule has 0 aliphatic heterocycles. The molecule has 2 nitrogen and oxygen atoms in total. The number of benzene rings is 11. The van der Waals surface area contributed by atoms with Crippen LogP contribution in [0.3, 0.4) is 0 Å². The zero-order chi connectivity index (χ0) is 44.9. The lowest BCUT2D eigenvalue weighted by atomic mass is 9.67. The molecule has 0 bridgehead atoms. The van der Waals surface area contributed by atoms with E-state index >= 15 is 0 Å². The van der Waals surface area contributed by atoms with E-state index in [0.717, 1.165) is 44.1 Å². The molecule has 11 aromatic carbocycles. The summed E-state index contributed by atoms with van der Waals surface area (Å²) in [4.78, 5) is 0. The van der Waals surface area contributed by atoms with E-state index < -0.39 is 5.41 Å². The van der Waals surface area contributed by atoms with E-state index in [0.29, 0.717) is 0 Å². The van der Waals surface area contributed by atoms with E-state index in [1.54, 1.807) is 0 Å². The highest BCUT2D eigenvalue weighted by molar-refractivity contribution is 6.26. The van der Waals surface area contributed by atoms with Crippen LogP contribution in [0.4, 0.5) is 0 Å². The Morgan fingerprint density at radius 2 is 0.794 bits per heavy atom. The lowest BCUT2D eigenvalue weighted by Crippen LogP contribution is -2.28. The second-order valence-electron chi connectivity index (χ2n) is 19.4. The van der Waals surface area contributed by atoms with Crippen molar-refractivity contribution in [1.29, 1.82) is 0 Å². The van der Waals surface area contributed by atoms with Gasteiger partial charge in [0.15, 0.2) is 0 Å². The fraction of sp³-hybridized carbons (Fsp3) is 0.0606. The lowest BCUT2D eigenvalue weighted by Gasteiger charge is -2.33. The Bertz CT molecular complexity index is 4180. The molecule has 2 aliphatic rings. The van der Waals surface area contributed by atoms with E-state index in [4.69, 9.17) is 8.83 Å². The van der Waals surface area contributed by atoms with E-state index in [2.05, 4.69) is 232 Å². The molecular weight excluding hydrogens is 825 g/mol. The fourth-order valence-electron chi connectivity index (χ4n) is 13.0. The molecule has 318 valence electrons. The quantitative estimate of drug-likeness (QED) is 0.165. The smallest absolute Gasteiger partial charge is 0.143 e. The van der Waals surface area contributed by atoms with Crippen LogP contribution in [0.2, 0.25) is 0 Å². The molecule has 0 fully saturated rings. The molecule has 0 unspecified atom stereocenters. The van der Waals surface area contributed by atoms with Crippen LogP contribution in [-0.2, 0) is 10.8 Å². The Kier molecular flexibility index (Phi) is 7.53. The maximum absolute atomic E-state index is 7.22. The molecule has 2 aliphatic carbocycles. The molecule has 0 N–H and O–H groups in total. The van der Waals surface area contributed by atoms with E-state index in [9.17, 15) is 0 Å². The van der Waals surface area contributed by atoms with Gasteiger partial charge in [-0.15, -0.1) is 0 Å². The van der Waals surface area contributed by atoms with Gasteiger partial charge in [-0.3, -0.25) is 0 Å². The summed E-state index contributed by atoms with van der Waals surface area (Å²) >= 11 is 0. The average molecular weight is 867 g/mol. The van der Waals surface area contributed by atoms with Crippen LogP contribution in [0, 0.1) is 0 Å². The van der Waals surface area contributed by atoms with Gasteiger partial charge in [0.1, 0.15) is 22.3 Å². The summed E-state index contributed by atoms with van der Waals surface area (Å²) in [5.41, 5.74) is 20.5. The molecule has 68 heavy (non-hydrogen) atoms. The fourth-order valence-corrected chi connectivity index (χ4v) is 13.0. The molecule has 0 atom stereocenters. The number of fused-ring (bicyclic) bond motifs is 16. The molecule has 0 saturated carbocycles. The van der Waals surface area contributed by atoms with Gasteiger partial charge in [0.05, 0.1) is 5.41 Å². The van der Waals surface area contributed by atoms with Gasteiger partial charge in [-0.05, 0) is 113 Å². The van der Waals surface area contributed by atoms with Crippen molar-refractivity contribution in [3.05, 3.63) is 252 Å².